The molecule has 7 aromatic rings. The average molecular weight is 516 g/mol. The van der Waals surface area contributed by atoms with E-state index in [0.29, 0.717) is 0 Å². The van der Waals surface area contributed by atoms with E-state index in [1.165, 1.54) is 10.8 Å². The molecule has 0 aliphatic carbocycles. The van der Waals surface area contributed by atoms with Crippen molar-refractivity contribution in [3.63, 3.8) is 0 Å². The van der Waals surface area contributed by atoms with E-state index in [2.05, 4.69) is 92.7 Å². The highest BCUT2D eigenvalue weighted by Crippen LogP contribution is 2.41. The topological polar surface area (TPSA) is 46.8 Å². The van der Waals surface area contributed by atoms with Crippen molar-refractivity contribution in [2.75, 3.05) is 4.90 Å². The number of hydrogen-bond acceptors (Lipinski definition) is 4. The van der Waals surface area contributed by atoms with Gasteiger partial charge in [0.2, 0.25) is 0 Å². The van der Waals surface area contributed by atoms with Gasteiger partial charge in [-0.1, -0.05) is 55.1 Å². The van der Waals surface area contributed by atoms with Gasteiger partial charge in [0.25, 0.3) is 0 Å². The Morgan fingerprint density at radius 3 is 1.95 bits per heavy atom. The van der Waals surface area contributed by atoms with E-state index >= 15 is 0 Å². The van der Waals surface area contributed by atoms with Gasteiger partial charge < -0.3 is 9.47 Å². The van der Waals surface area contributed by atoms with E-state index in [1.807, 2.05) is 61.1 Å². The van der Waals surface area contributed by atoms with Gasteiger partial charge in [0.05, 0.1) is 33.8 Å². The molecule has 0 fully saturated rings. The predicted molar refractivity (Wildman–Crippen MR) is 164 cm³/mol. The lowest BCUT2D eigenvalue weighted by Gasteiger charge is -2.23. The fourth-order valence-electron chi connectivity index (χ4n) is 5.36. The lowest BCUT2D eigenvalue weighted by atomic mass is 10.1. The van der Waals surface area contributed by atoms with Gasteiger partial charge in [-0.25, -0.2) is 4.98 Å². The summed E-state index contributed by atoms with van der Waals surface area (Å²) >= 11 is 0. The lowest BCUT2D eigenvalue weighted by Crippen LogP contribution is -2.09. The molecule has 0 N–H and O–H groups in total. The van der Waals surface area contributed by atoms with Crippen LogP contribution in [0.4, 0.5) is 11.4 Å². The van der Waals surface area contributed by atoms with Crippen LogP contribution in [-0.2, 0) is 0 Å². The smallest absolute Gasteiger partial charge is 0.0782 e. The number of benzene rings is 3. The Labute approximate surface area is 232 Å². The SMILES string of the molecule is C=CN(c1ccccc1)c1cccc2c3ccccc3n(-c3cc(-c4cccnc4)nc(-c4cccnc4)c3)c12. The molecule has 0 radical (unpaired) electrons. The van der Waals surface area contributed by atoms with E-state index in [1.54, 1.807) is 12.4 Å². The van der Waals surface area contributed by atoms with E-state index in [9.17, 15) is 0 Å². The van der Waals surface area contributed by atoms with Crippen LogP contribution in [0, 0.1) is 0 Å². The van der Waals surface area contributed by atoms with Gasteiger partial charge in [0.1, 0.15) is 0 Å². The second-order valence-electron chi connectivity index (χ2n) is 9.49. The van der Waals surface area contributed by atoms with Gasteiger partial charge >= 0.3 is 0 Å². The molecule has 190 valence electrons. The zero-order chi connectivity index (χ0) is 26.9. The maximum atomic E-state index is 5.05. The highest BCUT2D eigenvalue weighted by Gasteiger charge is 2.20. The van der Waals surface area contributed by atoms with Crippen LogP contribution in [0.5, 0.6) is 0 Å². The first kappa shape index (κ1) is 23.6. The number of hydrogen-bond donors (Lipinski definition) is 0. The predicted octanol–water partition coefficient (Wildman–Crippen LogP) is 8.58. The van der Waals surface area contributed by atoms with Crippen LogP contribution in [0.1, 0.15) is 0 Å². The fraction of sp³-hybridized carbons (Fsp3) is 0. The van der Waals surface area contributed by atoms with Crippen molar-refractivity contribution in [1.82, 2.24) is 19.5 Å². The molecule has 3 aromatic carbocycles. The third-order valence-corrected chi connectivity index (χ3v) is 7.13. The highest BCUT2D eigenvalue weighted by atomic mass is 15.1. The minimum Gasteiger partial charge on any atom is -0.316 e. The molecule has 4 heterocycles. The fourth-order valence-corrected chi connectivity index (χ4v) is 5.36. The number of pyridine rings is 3. The molecule has 0 aliphatic rings. The summed E-state index contributed by atoms with van der Waals surface area (Å²) in [5.41, 5.74) is 8.88. The summed E-state index contributed by atoms with van der Waals surface area (Å²) in [5.74, 6) is 0. The van der Waals surface area contributed by atoms with Crippen LogP contribution in [0.25, 0.3) is 50.0 Å². The Morgan fingerprint density at radius 1 is 0.650 bits per heavy atom. The second kappa shape index (κ2) is 9.97. The van der Waals surface area contributed by atoms with Crippen LogP contribution in [0.3, 0.4) is 0 Å². The van der Waals surface area contributed by atoms with Gasteiger partial charge in [0, 0.05) is 58.6 Å². The van der Waals surface area contributed by atoms with Crippen molar-refractivity contribution >= 4 is 33.2 Å². The van der Waals surface area contributed by atoms with Gasteiger partial charge in [-0.3, -0.25) is 9.97 Å². The average Bonchev–Trinajstić information content (AvgIpc) is 3.38. The Kier molecular flexibility index (Phi) is 5.87. The second-order valence-corrected chi connectivity index (χ2v) is 9.49. The summed E-state index contributed by atoms with van der Waals surface area (Å²) in [6.45, 7) is 4.18. The third kappa shape index (κ3) is 4.01. The maximum Gasteiger partial charge on any atom is 0.0782 e. The molecule has 0 atom stereocenters. The van der Waals surface area contributed by atoms with Gasteiger partial charge in [0.15, 0.2) is 0 Å². The van der Waals surface area contributed by atoms with Crippen LogP contribution >= 0.6 is 0 Å². The molecule has 4 aromatic heterocycles. The monoisotopic (exact) mass is 515 g/mol. The first-order valence-electron chi connectivity index (χ1n) is 13.1. The number of fused-ring (bicyclic) bond motifs is 3. The van der Waals surface area contributed by atoms with Crippen molar-refractivity contribution in [3.8, 4) is 28.2 Å². The van der Waals surface area contributed by atoms with Gasteiger partial charge in [-0.2, -0.15) is 0 Å². The zero-order valence-electron chi connectivity index (χ0n) is 21.7. The van der Waals surface area contributed by atoms with E-state index in [4.69, 9.17) is 4.98 Å². The number of para-hydroxylation sites is 3. The van der Waals surface area contributed by atoms with Crippen molar-refractivity contribution in [1.29, 1.82) is 0 Å². The molecule has 0 aliphatic heterocycles. The molecule has 7 rings (SSSR count). The number of nitrogens with zero attached hydrogens (tertiary/aromatic N) is 5. The summed E-state index contributed by atoms with van der Waals surface area (Å²) < 4.78 is 2.33. The lowest BCUT2D eigenvalue weighted by molar-refractivity contribution is 1.15. The quantitative estimate of drug-likeness (QED) is 0.222. The summed E-state index contributed by atoms with van der Waals surface area (Å²) in [7, 11) is 0. The zero-order valence-corrected chi connectivity index (χ0v) is 21.7. The van der Waals surface area contributed by atoms with Crippen LogP contribution in [0.2, 0.25) is 0 Å². The summed E-state index contributed by atoms with van der Waals surface area (Å²) in [5, 5.41) is 2.35. The Balaban J connectivity index is 1.57. The first-order valence-corrected chi connectivity index (χ1v) is 13.1. The van der Waals surface area contributed by atoms with E-state index in [-0.39, 0.29) is 0 Å². The standard InChI is InChI=1S/C35H25N5/c1-2-39(27-13-4-3-5-14-27)34-18-8-16-30-29-15-6-7-17-33(29)40(35(30)34)28-21-31(25-11-9-19-36-23-25)38-32(22-28)26-12-10-20-37-24-26/h2-24H,1H2. The molecular weight excluding hydrogens is 490 g/mol. The summed E-state index contributed by atoms with van der Waals surface area (Å²) in [6.07, 6.45) is 9.14. The maximum absolute atomic E-state index is 5.05. The molecule has 0 unspecified atom stereocenters. The molecule has 40 heavy (non-hydrogen) atoms. The van der Waals surface area contributed by atoms with Crippen molar-refractivity contribution < 1.29 is 0 Å². The van der Waals surface area contributed by atoms with E-state index < -0.39 is 0 Å². The Morgan fingerprint density at radius 2 is 1.30 bits per heavy atom. The third-order valence-electron chi connectivity index (χ3n) is 7.13. The van der Waals surface area contributed by atoms with Crippen LogP contribution in [0.15, 0.2) is 147 Å². The van der Waals surface area contributed by atoms with E-state index in [0.717, 1.165) is 50.6 Å². The number of rotatable bonds is 6. The molecule has 5 heteroatoms. The minimum atomic E-state index is 0.844. The van der Waals surface area contributed by atoms with Crippen molar-refractivity contribution in [3.05, 3.63) is 147 Å². The Hall–Kier alpha value is -5.55. The molecule has 0 amide bonds. The highest BCUT2D eigenvalue weighted by molar-refractivity contribution is 6.14. The molecule has 5 nitrogen and oxygen atoms in total. The minimum absolute atomic E-state index is 0.844. The number of anilines is 2. The van der Waals surface area contributed by atoms with Gasteiger partial charge in [-0.05, 0) is 60.7 Å². The summed E-state index contributed by atoms with van der Waals surface area (Å²) in [4.78, 5) is 15.9. The Bertz CT molecular complexity index is 1900. The number of aromatic nitrogens is 4. The molecule has 0 saturated heterocycles. The van der Waals surface area contributed by atoms with Crippen LogP contribution in [-0.4, -0.2) is 19.5 Å². The normalized spacial score (nSPS) is 11.1. The van der Waals surface area contributed by atoms with Crippen molar-refractivity contribution in [2.24, 2.45) is 0 Å². The van der Waals surface area contributed by atoms with Crippen LogP contribution < -0.4 is 4.90 Å². The molecule has 0 bridgehead atoms. The largest absolute Gasteiger partial charge is 0.316 e. The first-order chi connectivity index (χ1) is 19.8. The molecule has 0 saturated carbocycles. The summed E-state index contributed by atoms with van der Waals surface area (Å²) in [6, 6.07) is 37.5. The molecular formula is C35H25N5. The molecule has 0 spiro atoms. The van der Waals surface area contributed by atoms with Gasteiger partial charge in [-0.15, -0.1) is 0 Å². The van der Waals surface area contributed by atoms with Crippen molar-refractivity contribution in [2.45, 2.75) is 0 Å².